The molecule has 1 radical (unpaired) electrons. The summed E-state index contributed by atoms with van der Waals surface area (Å²) in [5.41, 5.74) is 1.48. The van der Waals surface area contributed by atoms with E-state index in [1.807, 2.05) is 12.6 Å². The normalized spacial score (nSPS) is 14.8. The Bertz CT molecular complexity index is 991. The first kappa shape index (κ1) is 20.8. The van der Waals surface area contributed by atoms with Crippen molar-refractivity contribution in [1.82, 2.24) is 0 Å². The van der Waals surface area contributed by atoms with Gasteiger partial charge in [-0.15, -0.1) is 0 Å². The third-order valence-electron chi connectivity index (χ3n) is 4.06. The fourth-order valence-electron chi connectivity index (χ4n) is 2.97. The lowest BCUT2D eigenvalue weighted by molar-refractivity contribution is 0.0426. The van der Waals surface area contributed by atoms with Gasteiger partial charge in [0.05, 0.1) is 22.3 Å². The molecular formula is C20H19O7Si2. The molecular weight excluding hydrogens is 408 g/mol. The molecule has 0 N–H and O–H groups in total. The van der Waals surface area contributed by atoms with Crippen LogP contribution in [0.1, 0.15) is 41.4 Å². The second kappa shape index (κ2) is 7.86. The molecule has 0 unspecified atom stereocenters. The molecule has 2 aromatic rings. The Balaban J connectivity index is 0.000000186. The number of hydrogen-bond donors (Lipinski definition) is 0. The number of hydrogen-bond acceptors (Lipinski definition) is 7. The number of ether oxygens (including phenoxy) is 2. The summed E-state index contributed by atoms with van der Waals surface area (Å²) in [6.07, 6.45) is 0. The van der Waals surface area contributed by atoms with E-state index in [-0.39, 0.29) is 0 Å². The van der Waals surface area contributed by atoms with Crippen LogP contribution in [0.3, 0.4) is 0 Å². The van der Waals surface area contributed by atoms with Gasteiger partial charge in [0.15, 0.2) is 8.32 Å². The van der Waals surface area contributed by atoms with Crippen molar-refractivity contribution in [3.63, 3.8) is 0 Å². The van der Waals surface area contributed by atoms with Crippen molar-refractivity contribution in [2.75, 3.05) is 0 Å². The zero-order valence-corrected chi connectivity index (χ0v) is 18.4. The highest BCUT2D eigenvalue weighted by Crippen LogP contribution is 2.20. The van der Waals surface area contributed by atoms with Crippen LogP contribution in [0.2, 0.25) is 26.2 Å². The summed E-state index contributed by atoms with van der Waals surface area (Å²) < 4.78 is 15.1. The Hall–Kier alpha value is -2.89. The molecule has 2 aliphatic rings. The third-order valence-corrected chi connectivity index (χ3v) is 8.91. The summed E-state index contributed by atoms with van der Waals surface area (Å²) >= 11 is 0. The van der Waals surface area contributed by atoms with Crippen molar-refractivity contribution in [1.29, 1.82) is 0 Å². The van der Waals surface area contributed by atoms with E-state index in [9.17, 15) is 19.2 Å². The summed E-state index contributed by atoms with van der Waals surface area (Å²) in [6, 6.07) is 11.8. The van der Waals surface area contributed by atoms with Gasteiger partial charge in [-0.2, -0.15) is 0 Å². The van der Waals surface area contributed by atoms with Gasteiger partial charge >= 0.3 is 23.9 Å². The van der Waals surface area contributed by atoms with Gasteiger partial charge in [-0.3, -0.25) is 0 Å². The SMILES string of the molecule is C[Si](O[Si](C)(C)C)c1cccc2c1C(=O)OC2=O.O=C1OC(=O)c2ccccc21. The Labute approximate surface area is 170 Å². The average molecular weight is 428 g/mol. The summed E-state index contributed by atoms with van der Waals surface area (Å²) in [5.74, 6) is -2.20. The minimum Gasteiger partial charge on any atom is -0.453 e. The van der Waals surface area contributed by atoms with Crippen LogP contribution in [0, 0.1) is 0 Å². The van der Waals surface area contributed by atoms with Crippen molar-refractivity contribution in [2.45, 2.75) is 26.2 Å². The molecule has 4 rings (SSSR count). The predicted octanol–water partition coefficient (Wildman–Crippen LogP) is 2.67. The van der Waals surface area contributed by atoms with Crippen LogP contribution >= 0.6 is 0 Å². The quantitative estimate of drug-likeness (QED) is 0.422. The maximum Gasteiger partial charge on any atom is 0.346 e. The molecule has 2 aliphatic heterocycles. The second-order valence-corrected chi connectivity index (χ2v) is 14.1. The van der Waals surface area contributed by atoms with Crippen molar-refractivity contribution in [3.05, 3.63) is 64.7 Å². The molecule has 149 valence electrons. The van der Waals surface area contributed by atoms with Crippen LogP contribution < -0.4 is 5.19 Å². The monoisotopic (exact) mass is 427 g/mol. The van der Waals surface area contributed by atoms with E-state index < -0.39 is 41.2 Å². The van der Waals surface area contributed by atoms with E-state index in [1.54, 1.807) is 36.4 Å². The third kappa shape index (κ3) is 4.42. The molecule has 0 atom stereocenters. The smallest absolute Gasteiger partial charge is 0.346 e. The second-order valence-electron chi connectivity index (χ2n) is 7.40. The molecule has 7 nitrogen and oxygen atoms in total. The predicted molar refractivity (Wildman–Crippen MR) is 108 cm³/mol. The number of esters is 4. The lowest BCUT2D eigenvalue weighted by Crippen LogP contribution is -2.42. The summed E-state index contributed by atoms with van der Waals surface area (Å²) in [7, 11) is -2.96. The lowest BCUT2D eigenvalue weighted by Gasteiger charge is -2.23. The molecule has 29 heavy (non-hydrogen) atoms. The number of cyclic esters (lactones) is 4. The summed E-state index contributed by atoms with van der Waals surface area (Å²) in [6.45, 7) is 8.31. The molecule has 0 saturated heterocycles. The molecule has 0 aromatic heterocycles. The zero-order valence-electron chi connectivity index (χ0n) is 16.4. The van der Waals surface area contributed by atoms with Crippen molar-refractivity contribution in [3.8, 4) is 0 Å². The van der Waals surface area contributed by atoms with Gasteiger partial charge in [-0.05, 0) is 49.6 Å². The minimum atomic E-state index is -1.67. The van der Waals surface area contributed by atoms with Crippen LogP contribution in [-0.2, 0) is 13.6 Å². The van der Waals surface area contributed by atoms with Gasteiger partial charge in [0.2, 0.25) is 9.04 Å². The van der Waals surface area contributed by atoms with E-state index in [2.05, 4.69) is 29.1 Å². The summed E-state index contributed by atoms with van der Waals surface area (Å²) in [4.78, 5) is 44.8. The molecule has 0 saturated carbocycles. The van der Waals surface area contributed by atoms with Gasteiger partial charge in [0, 0.05) is 0 Å². The molecule has 0 amide bonds. The topological polar surface area (TPSA) is 96.0 Å². The minimum absolute atomic E-state index is 0.359. The van der Waals surface area contributed by atoms with E-state index >= 15 is 0 Å². The Morgan fingerprint density at radius 3 is 1.76 bits per heavy atom. The Kier molecular flexibility index (Phi) is 5.65. The Morgan fingerprint density at radius 2 is 1.21 bits per heavy atom. The highest BCUT2D eigenvalue weighted by molar-refractivity contribution is 6.81. The molecule has 0 bridgehead atoms. The van der Waals surface area contributed by atoms with E-state index in [4.69, 9.17) is 4.12 Å². The standard InChI is InChI=1S/C12H15O4Si2.C8H4O3/c1-17(16-18(2,3)4)9-7-5-6-8-10(9)12(14)15-11(8)13;9-7-5-3-1-2-4-6(5)8(10)11-7/h5-7H,1-4H3;1-4H. The number of fused-ring (bicyclic) bond motifs is 2. The zero-order chi connectivity index (χ0) is 21.3. The van der Waals surface area contributed by atoms with Crippen LogP contribution in [0.15, 0.2) is 42.5 Å². The van der Waals surface area contributed by atoms with Crippen LogP contribution in [0.25, 0.3) is 0 Å². The molecule has 0 fully saturated rings. The average Bonchev–Trinajstić information content (AvgIpc) is 3.10. The first-order valence-electron chi connectivity index (χ1n) is 8.86. The first-order chi connectivity index (χ1) is 13.6. The number of benzene rings is 2. The van der Waals surface area contributed by atoms with Gasteiger partial charge in [-0.1, -0.05) is 24.3 Å². The fraction of sp³-hybridized carbons (Fsp3) is 0.200. The number of carbonyl (C=O) groups is 4. The number of carbonyl (C=O) groups excluding carboxylic acids is 4. The van der Waals surface area contributed by atoms with Crippen molar-refractivity contribution < 1.29 is 32.8 Å². The van der Waals surface area contributed by atoms with E-state index in [0.717, 1.165) is 5.19 Å². The van der Waals surface area contributed by atoms with Crippen molar-refractivity contribution in [2.24, 2.45) is 0 Å². The lowest BCUT2D eigenvalue weighted by atomic mass is 10.1. The molecule has 2 aromatic carbocycles. The molecule has 2 heterocycles. The van der Waals surface area contributed by atoms with Crippen molar-refractivity contribution >= 4 is 46.4 Å². The molecule has 0 spiro atoms. The number of rotatable bonds is 3. The van der Waals surface area contributed by atoms with Gasteiger partial charge < -0.3 is 13.6 Å². The van der Waals surface area contributed by atoms with Crippen LogP contribution in [0.4, 0.5) is 0 Å². The van der Waals surface area contributed by atoms with Crippen LogP contribution in [0.5, 0.6) is 0 Å². The van der Waals surface area contributed by atoms with Gasteiger partial charge in [0.25, 0.3) is 0 Å². The largest absolute Gasteiger partial charge is 0.453 e. The molecule has 9 heteroatoms. The summed E-state index contributed by atoms with van der Waals surface area (Å²) in [5, 5.41) is 0.829. The highest BCUT2D eigenvalue weighted by Gasteiger charge is 2.35. The molecule has 0 aliphatic carbocycles. The maximum atomic E-state index is 11.7. The fourth-order valence-corrected chi connectivity index (χ4v) is 8.01. The highest BCUT2D eigenvalue weighted by atomic mass is 28.4. The van der Waals surface area contributed by atoms with Gasteiger partial charge in [0.1, 0.15) is 0 Å². The van der Waals surface area contributed by atoms with Crippen LogP contribution in [-0.4, -0.2) is 41.2 Å². The Morgan fingerprint density at radius 1 is 0.724 bits per heavy atom. The maximum absolute atomic E-state index is 11.7. The van der Waals surface area contributed by atoms with Gasteiger partial charge in [-0.25, -0.2) is 19.2 Å². The van der Waals surface area contributed by atoms with E-state index in [0.29, 0.717) is 22.3 Å². The first-order valence-corrected chi connectivity index (χ1v) is 14.2. The van der Waals surface area contributed by atoms with E-state index in [1.165, 1.54) is 0 Å².